The summed E-state index contributed by atoms with van der Waals surface area (Å²) in [6, 6.07) is 26.5. The summed E-state index contributed by atoms with van der Waals surface area (Å²) in [5.41, 5.74) is 8.15. The van der Waals surface area contributed by atoms with Gasteiger partial charge in [-0.05, 0) is 85.8 Å². The van der Waals surface area contributed by atoms with Crippen molar-refractivity contribution < 1.29 is 22.7 Å². The Kier molecular flexibility index (Phi) is 10.6. The van der Waals surface area contributed by atoms with Gasteiger partial charge in [-0.2, -0.15) is 10.5 Å². The first kappa shape index (κ1) is 40.4. The summed E-state index contributed by atoms with van der Waals surface area (Å²) in [5.74, 6) is 0.397. The summed E-state index contributed by atoms with van der Waals surface area (Å²) < 4.78 is 36.3. The number of carbonyl (C=O) groups is 2. The van der Waals surface area contributed by atoms with E-state index in [0.717, 1.165) is 49.0 Å². The normalized spacial score (nSPS) is 13.8. The van der Waals surface area contributed by atoms with E-state index in [1.165, 1.54) is 37.6 Å². The SMILES string of the molecule is COC(=O)C[C@@H]1N=C(c2ccc(-c3ccc(C(=O)NC(C#N)c4ccc(S(=O)(=O)Nc5ccc(C)c6c(C#N)c[nH]c56)cc4)cc3)cc2)c2c(sc(C)c2C)-n2c(C)nnc21. The third kappa shape index (κ3) is 7.43. The highest BCUT2D eigenvalue weighted by atomic mass is 32.2. The number of nitrogens with one attached hydrogen (secondary N) is 3. The molecule has 0 fully saturated rings. The first-order valence-corrected chi connectivity index (χ1v) is 21.3. The number of ether oxygens (including phenoxy) is 1. The van der Waals surface area contributed by atoms with Gasteiger partial charge in [0, 0.05) is 33.2 Å². The zero-order valence-electron chi connectivity index (χ0n) is 33.6. The van der Waals surface area contributed by atoms with Gasteiger partial charge in [0.2, 0.25) is 0 Å². The van der Waals surface area contributed by atoms with E-state index in [2.05, 4.69) is 51.2 Å². The van der Waals surface area contributed by atoms with Gasteiger partial charge in [-0.1, -0.05) is 54.6 Å². The van der Waals surface area contributed by atoms with Crippen LogP contribution in [0.1, 0.15) is 78.8 Å². The predicted molar refractivity (Wildman–Crippen MR) is 231 cm³/mol. The number of carbonyl (C=O) groups excluding carboxylic acids is 2. The molecule has 7 aromatic rings. The summed E-state index contributed by atoms with van der Waals surface area (Å²) in [5, 5.41) is 32.5. The van der Waals surface area contributed by atoms with Crippen LogP contribution >= 0.6 is 11.3 Å². The molecule has 8 rings (SSSR count). The molecule has 4 aromatic carbocycles. The van der Waals surface area contributed by atoms with Crippen molar-refractivity contribution in [3.05, 3.63) is 147 Å². The van der Waals surface area contributed by atoms with E-state index in [1.807, 2.05) is 54.8 Å². The Labute approximate surface area is 355 Å². The van der Waals surface area contributed by atoms with E-state index in [-0.39, 0.29) is 17.0 Å². The molecule has 3 aromatic heterocycles. The maximum absolute atomic E-state index is 13.4. The van der Waals surface area contributed by atoms with Gasteiger partial charge >= 0.3 is 5.97 Å². The molecule has 304 valence electrons. The largest absolute Gasteiger partial charge is 0.469 e. The number of aryl methyl sites for hydroxylation is 3. The quantitative estimate of drug-likeness (QED) is 0.114. The van der Waals surface area contributed by atoms with Crippen LogP contribution in [0.5, 0.6) is 0 Å². The average Bonchev–Trinajstić information content (AvgIpc) is 3.94. The number of hydrogen-bond acceptors (Lipinski definition) is 11. The van der Waals surface area contributed by atoms with Crippen LogP contribution < -0.4 is 10.0 Å². The summed E-state index contributed by atoms with van der Waals surface area (Å²) in [6.45, 7) is 7.85. The highest BCUT2D eigenvalue weighted by Gasteiger charge is 2.33. The topological polar surface area (TPSA) is 208 Å². The number of aromatic amines is 1. The van der Waals surface area contributed by atoms with Crippen LogP contribution in [0.25, 0.3) is 27.0 Å². The first-order chi connectivity index (χ1) is 29.3. The van der Waals surface area contributed by atoms with Gasteiger partial charge in [0.15, 0.2) is 5.82 Å². The van der Waals surface area contributed by atoms with Crippen LogP contribution in [0.15, 0.2) is 101 Å². The zero-order chi connectivity index (χ0) is 43.2. The number of fused-ring (bicyclic) bond motifs is 4. The Hall–Kier alpha value is -7.40. The minimum Gasteiger partial charge on any atom is -0.469 e. The van der Waals surface area contributed by atoms with E-state index in [1.54, 1.807) is 35.6 Å². The van der Waals surface area contributed by atoms with Crippen LogP contribution in [0.4, 0.5) is 5.69 Å². The average molecular weight is 848 g/mol. The smallest absolute Gasteiger partial charge is 0.308 e. The van der Waals surface area contributed by atoms with E-state index in [9.17, 15) is 28.5 Å². The van der Waals surface area contributed by atoms with Gasteiger partial charge in [0.25, 0.3) is 15.9 Å². The monoisotopic (exact) mass is 847 g/mol. The third-order valence-electron chi connectivity index (χ3n) is 10.8. The number of aliphatic imine (C=N–C) groups is 1. The van der Waals surface area contributed by atoms with Crippen molar-refractivity contribution in [2.45, 2.75) is 51.1 Å². The number of anilines is 1. The molecular weight excluding hydrogens is 811 g/mol. The summed E-state index contributed by atoms with van der Waals surface area (Å²) in [7, 11) is -2.69. The number of hydrogen-bond donors (Lipinski definition) is 3. The fourth-order valence-corrected chi connectivity index (χ4v) is 9.73. The number of esters is 1. The number of amides is 1. The van der Waals surface area contributed by atoms with Crippen LogP contribution in [-0.4, -0.2) is 52.9 Å². The van der Waals surface area contributed by atoms with Crippen LogP contribution in [0.2, 0.25) is 0 Å². The number of aromatic nitrogens is 4. The predicted octanol–water partition coefficient (Wildman–Crippen LogP) is 7.83. The zero-order valence-corrected chi connectivity index (χ0v) is 35.2. The summed E-state index contributed by atoms with van der Waals surface area (Å²) >= 11 is 1.63. The lowest BCUT2D eigenvalue weighted by Crippen LogP contribution is -2.27. The van der Waals surface area contributed by atoms with Gasteiger partial charge in [-0.25, -0.2) is 8.42 Å². The van der Waals surface area contributed by atoms with Crippen LogP contribution in [-0.2, 0) is 19.6 Å². The Morgan fingerprint density at radius 1 is 0.918 bits per heavy atom. The molecule has 1 aliphatic rings. The van der Waals surface area contributed by atoms with Crippen molar-refractivity contribution in [1.29, 1.82) is 10.5 Å². The minimum absolute atomic E-state index is 0.00616. The molecule has 4 heterocycles. The number of sulfonamides is 1. The second-order valence-electron chi connectivity index (χ2n) is 14.5. The standard InChI is InChI=1S/C45H37N9O5S2/c1-24-6-19-35(42-39(24)33(21-46)23-48-42)53-61(57,58)34-17-15-30(16-18-34)37(22-47)50-44(56)32-13-9-29(10-14-32)28-7-11-31(12-8-28)41-40-25(2)26(3)60-45(40)54-27(4)51-52-43(54)36(49-41)20-38(55)59-5/h6-19,23,36-37,48,53H,20H2,1-5H3,(H,50,56)/t36-,37?/m0/s1. The number of H-pyrrole nitrogens is 1. The van der Waals surface area contributed by atoms with Crippen LogP contribution in [0, 0.1) is 50.4 Å². The first-order valence-electron chi connectivity index (χ1n) is 19.0. The van der Waals surface area contributed by atoms with Gasteiger partial charge in [0.05, 0.1) is 47.0 Å². The Morgan fingerprint density at radius 2 is 1.59 bits per heavy atom. The van der Waals surface area contributed by atoms with Crippen molar-refractivity contribution in [1.82, 2.24) is 25.1 Å². The van der Waals surface area contributed by atoms with Gasteiger partial charge in [-0.15, -0.1) is 21.5 Å². The number of thiophene rings is 1. The van der Waals surface area contributed by atoms with Crippen molar-refractivity contribution in [3.8, 4) is 28.3 Å². The molecule has 0 aliphatic carbocycles. The number of nitrogens with zero attached hydrogens (tertiary/aromatic N) is 6. The second-order valence-corrected chi connectivity index (χ2v) is 17.4. The molecule has 1 unspecified atom stereocenters. The molecule has 2 atom stereocenters. The van der Waals surface area contributed by atoms with Crippen molar-refractivity contribution in [2.24, 2.45) is 4.99 Å². The number of rotatable bonds is 10. The van der Waals surface area contributed by atoms with Gasteiger partial charge in [-0.3, -0.25) is 23.9 Å². The molecule has 1 aliphatic heterocycles. The lowest BCUT2D eigenvalue weighted by molar-refractivity contribution is -0.141. The molecule has 14 nitrogen and oxygen atoms in total. The van der Waals surface area contributed by atoms with E-state index in [0.29, 0.717) is 39.2 Å². The molecule has 0 radical (unpaired) electrons. The van der Waals surface area contributed by atoms with E-state index < -0.39 is 34.0 Å². The molecule has 1 amide bonds. The highest BCUT2D eigenvalue weighted by molar-refractivity contribution is 7.92. The lowest BCUT2D eigenvalue weighted by atomic mass is 9.96. The molecular formula is C45H37N9O5S2. The maximum atomic E-state index is 13.4. The van der Waals surface area contributed by atoms with Crippen molar-refractivity contribution >= 4 is 55.5 Å². The van der Waals surface area contributed by atoms with Gasteiger partial charge in [0.1, 0.15) is 29.0 Å². The third-order valence-corrected chi connectivity index (χ3v) is 13.4. The fraction of sp³-hybridized carbons (Fsp3) is 0.178. The summed E-state index contributed by atoms with van der Waals surface area (Å²) in [4.78, 5) is 35.1. The summed E-state index contributed by atoms with van der Waals surface area (Å²) in [6.07, 6.45) is 1.54. The van der Waals surface area contributed by atoms with Crippen molar-refractivity contribution in [2.75, 3.05) is 11.8 Å². The molecule has 3 N–H and O–H groups in total. The van der Waals surface area contributed by atoms with E-state index >= 15 is 0 Å². The fourth-order valence-electron chi connectivity index (χ4n) is 7.44. The molecule has 16 heteroatoms. The van der Waals surface area contributed by atoms with Gasteiger partial charge < -0.3 is 15.0 Å². The maximum Gasteiger partial charge on any atom is 0.308 e. The number of methoxy groups -OCH3 is 1. The number of nitriles is 2. The molecule has 61 heavy (non-hydrogen) atoms. The number of benzene rings is 4. The minimum atomic E-state index is -4.05. The molecule has 0 bridgehead atoms. The lowest BCUT2D eigenvalue weighted by Gasteiger charge is -2.14. The van der Waals surface area contributed by atoms with Crippen molar-refractivity contribution in [3.63, 3.8) is 0 Å². The molecule has 0 saturated carbocycles. The second kappa shape index (κ2) is 16.0. The van der Waals surface area contributed by atoms with E-state index in [4.69, 9.17) is 9.73 Å². The Morgan fingerprint density at radius 3 is 2.25 bits per heavy atom. The highest BCUT2D eigenvalue weighted by Crippen LogP contribution is 2.40. The Balaban J connectivity index is 0.975. The molecule has 0 spiro atoms. The molecule has 0 saturated heterocycles. The van der Waals surface area contributed by atoms with Crippen LogP contribution in [0.3, 0.4) is 0 Å². The Bertz CT molecular complexity index is 3110.